The van der Waals surface area contributed by atoms with E-state index in [4.69, 9.17) is 0 Å². The van der Waals surface area contributed by atoms with E-state index < -0.39 is 6.55 Å². The molecule has 0 aliphatic heterocycles. The van der Waals surface area contributed by atoms with Crippen LogP contribution in [-0.2, 0) is 6.54 Å². The standard InChI is InChI=1S/C13H14F3N3/c1-9(10-3-2-4-11(14)7-10)18-8-12-17-5-6-19(12)13(15)16/h2-7,9,13,18H,8H2,1H3/t9-/m0/s1. The van der Waals surface area contributed by atoms with Gasteiger partial charge in [-0.25, -0.2) is 9.37 Å². The third kappa shape index (κ3) is 3.35. The number of rotatable bonds is 5. The molecule has 0 fully saturated rings. The van der Waals surface area contributed by atoms with Crippen LogP contribution in [0.4, 0.5) is 13.2 Å². The zero-order valence-corrected chi connectivity index (χ0v) is 10.4. The molecule has 1 aromatic heterocycles. The van der Waals surface area contributed by atoms with Gasteiger partial charge in [-0.15, -0.1) is 0 Å². The molecule has 1 aromatic carbocycles. The average molecular weight is 269 g/mol. The Bertz CT molecular complexity index is 539. The van der Waals surface area contributed by atoms with E-state index in [1.807, 2.05) is 6.92 Å². The van der Waals surface area contributed by atoms with Gasteiger partial charge >= 0.3 is 6.55 Å². The highest BCUT2D eigenvalue weighted by atomic mass is 19.3. The van der Waals surface area contributed by atoms with E-state index in [1.165, 1.54) is 24.5 Å². The summed E-state index contributed by atoms with van der Waals surface area (Å²) in [5.74, 6) is -0.0708. The Hall–Kier alpha value is -1.82. The van der Waals surface area contributed by atoms with E-state index >= 15 is 0 Å². The van der Waals surface area contributed by atoms with E-state index in [-0.39, 0.29) is 24.2 Å². The number of alkyl halides is 2. The number of nitrogens with zero attached hydrogens (tertiary/aromatic N) is 2. The molecule has 0 radical (unpaired) electrons. The lowest BCUT2D eigenvalue weighted by atomic mass is 10.1. The Balaban J connectivity index is 2.00. The molecule has 1 N–H and O–H groups in total. The molecule has 6 heteroatoms. The Kier molecular flexibility index (Phi) is 4.21. The second-order valence-corrected chi connectivity index (χ2v) is 4.19. The van der Waals surface area contributed by atoms with Crippen molar-refractivity contribution in [2.45, 2.75) is 26.1 Å². The predicted molar refractivity (Wildman–Crippen MR) is 65.1 cm³/mol. The van der Waals surface area contributed by atoms with Crippen LogP contribution in [0.5, 0.6) is 0 Å². The Morgan fingerprint density at radius 3 is 2.84 bits per heavy atom. The first-order valence-corrected chi connectivity index (χ1v) is 5.86. The minimum atomic E-state index is -2.61. The molecule has 102 valence electrons. The van der Waals surface area contributed by atoms with Gasteiger partial charge in [-0.05, 0) is 24.6 Å². The highest BCUT2D eigenvalue weighted by molar-refractivity contribution is 5.19. The summed E-state index contributed by atoms with van der Waals surface area (Å²) >= 11 is 0. The maximum Gasteiger partial charge on any atom is 0.319 e. The van der Waals surface area contributed by atoms with Gasteiger partial charge in [0.15, 0.2) is 0 Å². The van der Waals surface area contributed by atoms with Crippen molar-refractivity contribution in [2.24, 2.45) is 0 Å². The topological polar surface area (TPSA) is 29.9 Å². The molecule has 3 nitrogen and oxygen atoms in total. The van der Waals surface area contributed by atoms with Crippen LogP contribution >= 0.6 is 0 Å². The number of imidazole rings is 1. The summed E-state index contributed by atoms with van der Waals surface area (Å²) in [6, 6.07) is 6.01. The lowest BCUT2D eigenvalue weighted by Gasteiger charge is -2.14. The number of aromatic nitrogens is 2. The molecule has 19 heavy (non-hydrogen) atoms. The lowest BCUT2D eigenvalue weighted by molar-refractivity contribution is 0.0665. The molecule has 2 aromatic rings. The number of hydrogen-bond donors (Lipinski definition) is 1. The fourth-order valence-electron chi connectivity index (χ4n) is 1.80. The summed E-state index contributed by atoms with van der Waals surface area (Å²) in [6.45, 7) is -0.580. The number of hydrogen-bond acceptors (Lipinski definition) is 2. The van der Waals surface area contributed by atoms with Crippen molar-refractivity contribution in [2.75, 3.05) is 0 Å². The summed E-state index contributed by atoms with van der Waals surface area (Å²) in [5, 5.41) is 3.04. The van der Waals surface area contributed by atoms with E-state index in [1.54, 1.807) is 12.1 Å². The second kappa shape index (κ2) is 5.88. The van der Waals surface area contributed by atoms with Crippen molar-refractivity contribution in [1.82, 2.24) is 14.9 Å². The third-order valence-electron chi connectivity index (χ3n) is 2.87. The first kappa shape index (κ1) is 13.6. The summed E-state index contributed by atoms with van der Waals surface area (Å²) in [5.41, 5.74) is 0.759. The third-order valence-corrected chi connectivity index (χ3v) is 2.87. The van der Waals surface area contributed by atoms with E-state index in [9.17, 15) is 13.2 Å². The van der Waals surface area contributed by atoms with Crippen molar-refractivity contribution < 1.29 is 13.2 Å². The zero-order valence-electron chi connectivity index (χ0n) is 10.4. The van der Waals surface area contributed by atoms with Crippen LogP contribution in [0.25, 0.3) is 0 Å². The summed E-state index contributed by atoms with van der Waals surface area (Å²) in [6.07, 6.45) is 2.56. The largest absolute Gasteiger partial charge is 0.319 e. The molecule has 0 bridgehead atoms. The Morgan fingerprint density at radius 1 is 1.37 bits per heavy atom. The maximum absolute atomic E-state index is 13.1. The van der Waals surface area contributed by atoms with Gasteiger partial charge in [-0.1, -0.05) is 12.1 Å². The van der Waals surface area contributed by atoms with Gasteiger partial charge < -0.3 is 5.32 Å². The van der Waals surface area contributed by atoms with Crippen molar-refractivity contribution in [3.63, 3.8) is 0 Å². The average Bonchev–Trinajstić information content (AvgIpc) is 2.84. The first-order valence-electron chi connectivity index (χ1n) is 5.86. The van der Waals surface area contributed by atoms with Crippen LogP contribution in [0.3, 0.4) is 0 Å². The normalized spacial score (nSPS) is 12.9. The van der Waals surface area contributed by atoms with Crippen LogP contribution in [-0.4, -0.2) is 9.55 Å². The van der Waals surface area contributed by atoms with Crippen molar-refractivity contribution >= 4 is 0 Å². The van der Waals surface area contributed by atoms with Gasteiger partial charge in [-0.2, -0.15) is 8.78 Å². The van der Waals surface area contributed by atoms with Crippen molar-refractivity contribution in [1.29, 1.82) is 0 Å². The van der Waals surface area contributed by atoms with Crippen LogP contribution in [0.1, 0.15) is 30.9 Å². The van der Waals surface area contributed by atoms with Crippen LogP contribution in [0, 0.1) is 5.82 Å². The summed E-state index contributed by atoms with van der Waals surface area (Å²) in [7, 11) is 0. The first-order chi connectivity index (χ1) is 9.08. The highest BCUT2D eigenvalue weighted by Gasteiger charge is 2.12. The molecule has 0 saturated carbocycles. The molecular weight excluding hydrogens is 255 g/mol. The number of halogens is 3. The summed E-state index contributed by atoms with van der Waals surface area (Å²) < 4.78 is 39.1. The van der Waals surface area contributed by atoms with Crippen molar-refractivity contribution in [3.8, 4) is 0 Å². The quantitative estimate of drug-likeness (QED) is 0.902. The van der Waals surface area contributed by atoms with Gasteiger partial charge in [-0.3, -0.25) is 4.57 Å². The van der Waals surface area contributed by atoms with Crippen LogP contribution in [0.15, 0.2) is 36.7 Å². The molecule has 0 amide bonds. The maximum atomic E-state index is 13.1. The van der Waals surface area contributed by atoms with Gasteiger partial charge in [0.25, 0.3) is 0 Å². The minimum absolute atomic E-state index is 0.154. The Morgan fingerprint density at radius 2 is 2.16 bits per heavy atom. The molecule has 1 heterocycles. The van der Waals surface area contributed by atoms with Crippen molar-refractivity contribution in [3.05, 3.63) is 53.9 Å². The Labute approximate surface area is 109 Å². The molecule has 2 rings (SSSR count). The highest BCUT2D eigenvalue weighted by Crippen LogP contribution is 2.16. The monoisotopic (exact) mass is 269 g/mol. The van der Waals surface area contributed by atoms with Gasteiger partial charge in [0.05, 0.1) is 6.54 Å². The molecule has 0 aliphatic carbocycles. The number of benzene rings is 1. The van der Waals surface area contributed by atoms with E-state index in [0.717, 1.165) is 10.1 Å². The molecule has 0 saturated heterocycles. The van der Waals surface area contributed by atoms with Crippen LogP contribution < -0.4 is 5.32 Å². The number of nitrogens with one attached hydrogen (secondary N) is 1. The van der Waals surface area contributed by atoms with E-state index in [0.29, 0.717) is 0 Å². The van der Waals surface area contributed by atoms with E-state index in [2.05, 4.69) is 10.3 Å². The van der Waals surface area contributed by atoms with Crippen LogP contribution in [0.2, 0.25) is 0 Å². The van der Waals surface area contributed by atoms with Gasteiger partial charge in [0.1, 0.15) is 11.6 Å². The molecule has 0 aliphatic rings. The van der Waals surface area contributed by atoms with Gasteiger partial charge in [0.2, 0.25) is 0 Å². The smallest absolute Gasteiger partial charge is 0.303 e. The van der Waals surface area contributed by atoms with Gasteiger partial charge in [0, 0.05) is 18.4 Å². The second-order valence-electron chi connectivity index (χ2n) is 4.19. The summed E-state index contributed by atoms with van der Waals surface area (Å²) in [4.78, 5) is 3.87. The SMILES string of the molecule is C[C@H](NCc1nccn1C(F)F)c1cccc(F)c1. The lowest BCUT2D eigenvalue weighted by Crippen LogP contribution is -2.21. The molecule has 0 unspecified atom stereocenters. The molecular formula is C13H14F3N3. The fourth-order valence-corrected chi connectivity index (χ4v) is 1.80. The predicted octanol–water partition coefficient (Wildman–Crippen LogP) is 3.27. The zero-order chi connectivity index (χ0) is 13.8. The molecule has 0 spiro atoms. The fraction of sp³-hybridized carbons (Fsp3) is 0.308. The minimum Gasteiger partial charge on any atom is -0.303 e. The molecule has 1 atom stereocenters.